The number of likely N-dealkylation sites (tertiary alicyclic amines) is 1. The zero-order valence-electron chi connectivity index (χ0n) is 28.9. The Labute approximate surface area is 275 Å². The number of aryl methyl sites for hydroxylation is 2. The van der Waals surface area contributed by atoms with E-state index in [2.05, 4.69) is 100 Å². The predicted octanol–water partition coefficient (Wildman–Crippen LogP) is 8.03. The van der Waals surface area contributed by atoms with Gasteiger partial charge in [-0.05, 0) is 32.1 Å². The van der Waals surface area contributed by atoms with Crippen LogP contribution in [0.15, 0.2) is 79.0 Å². The Morgan fingerprint density at radius 3 is 2.55 bits per heavy atom. The Kier molecular flexibility index (Phi) is 6.54. The summed E-state index contributed by atoms with van der Waals surface area (Å²) in [5, 5.41) is 0. The molecule has 0 N–H and O–H groups in total. The number of pyridine rings is 1. The van der Waals surface area contributed by atoms with Gasteiger partial charge in [0.05, 0.1) is 0 Å². The first-order chi connectivity index (χ1) is 22.3. The van der Waals surface area contributed by atoms with E-state index in [-0.39, 0.29) is 5.41 Å². The molecule has 5 aromatic rings. The van der Waals surface area contributed by atoms with Crippen LogP contribution in [0.1, 0.15) is 53.9 Å². The standard InChI is InChI=1S/C37H41N5O.Pt/c1-25-13-15-38-36(17-25)41-23-26-22-39(5)16-14-31(26)32-12-11-29(21-35(32)41)43-30-19-27(37(2,3)4)18-28(20-30)42-24-40(6)33-9-7-8-10-34(33)42;/h7-13,15,17-21,26,31H,14,16,22-23H2,1-6H3;/i6D3;. The average Bonchev–Trinajstić information content (AvgIpc) is 3.32. The number of piperidine rings is 1. The molecule has 2 aliphatic heterocycles. The molecule has 0 aliphatic carbocycles. The van der Waals surface area contributed by atoms with E-state index in [9.17, 15) is 0 Å². The summed E-state index contributed by atoms with van der Waals surface area (Å²) in [7, 11) is 2.22. The van der Waals surface area contributed by atoms with Gasteiger partial charge in [-0.25, -0.2) is 0 Å². The molecule has 44 heavy (non-hydrogen) atoms. The number of benzene rings is 3. The van der Waals surface area contributed by atoms with Crippen molar-refractivity contribution in [1.29, 1.82) is 0 Å². The van der Waals surface area contributed by atoms with Crippen molar-refractivity contribution in [3.05, 3.63) is 99.5 Å². The summed E-state index contributed by atoms with van der Waals surface area (Å²) in [5.41, 5.74) is 6.97. The molecule has 6 nitrogen and oxygen atoms in total. The molecule has 7 heteroatoms. The molecule has 0 saturated carbocycles. The van der Waals surface area contributed by atoms with Gasteiger partial charge in [-0.3, -0.25) is 0 Å². The number of nitrogens with zero attached hydrogens (tertiary/aromatic N) is 5. The summed E-state index contributed by atoms with van der Waals surface area (Å²) in [4.78, 5) is 9.61. The first kappa shape index (κ1) is 25.8. The van der Waals surface area contributed by atoms with Crippen LogP contribution >= 0.6 is 0 Å². The molecule has 0 bridgehead atoms. The van der Waals surface area contributed by atoms with Crippen molar-refractivity contribution in [1.82, 2.24) is 19.0 Å². The summed E-state index contributed by atoms with van der Waals surface area (Å²) < 4.78 is 35.6. The summed E-state index contributed by atoms with van der Waals surface area (Å²) in [5.74, 6) is 3.45. The van der Waals surface area contributed by atoms with Gasteiger partial charge in [0.1, 0.15) is 0 Å². The number of aromatic nitrogens is 3. The Morgan fingerprint density at radius 2 is 1.77 bits per heavy atom. The van der Waals surface area contributed by atoms with Crippen LogP contribution in [0, 0.1) is 16.6 Å². The fourth-order valence-electron chi connectivity index (χ4n) is 6.86. The van der Waals surface area contributed by atoms with E-state index < -0.39 is 6.98 Å². The molecule has 2 unspecified atom stereocenters. The topological polar surface area (TPSA) is 38.5 Å². The molecule has 0 amide bonds. The van der Waals surface area contributed by atoms with E-state index in [0.717, 1.165) is 60.1 Å². The van der Waals surface area contributed by atoms with Gasteiger partial charge in [0.25, 0.3) is 0 Å². The van der Waals surface area contributed by atoms with Crippen LogP contribution in [0.25, 0.3) is 16.7 Å². The van der Waals surface area contributed by atoms with E-state index in [1.54, 1.807) is 0 Å². The molecule has 230 valence electrons. The molecule has 2 atom stereocenters. The summed E-state index contributed by atoms with van der Waals surface area (Å²) in [6, 6.07) is 24.7. The van der Waals surface area contributed by atoms with Crippen LogP contribution in [0.2, 0.25) is 0 Å². The van der Waals surface area contributed by atoms with Crippen molar-refractivity contribution in [2.75, 3.05) is 31.6 Å². The zero-order chi connectivity index (χ0) is 33.2. The maximum absolute atomic E-state index is 8.28. The second kappa shape index (κ2) is 11.2. The molecular formula is C37H41N5OPt. The number of imidazole rings is 1. The number of para-hydroxylation sites is 2. The Morgan fingerprint density at radius 1 is 0.955 bits per heavy atom. The Hall–Kier alpha value is -3.47. The number of hydrogen-bond donors (Lipinski definition) is 0. The van der Waals surface area contributed by atoms with Crippen molar-refractivity contribution in [3.8, 4) is 17.2 Å². The molecule has 1 saturated heterocycles. The number of fused-ring (bicyclic) bond motifs is 4. The van der Waals surface area contributed by atoms with Crippen molar-refractivity contribution in [2.24, 2.45) is 12.9 Å². The van der Waals surface area contributed by atoms with Crippen LogP contribution in [-0.4, -0.2) is 45.7 Å². The minimum absolute atomic E-state index is 0.171. The second-order valence-corrected chi connectivity index (χ2v) is 14.4. The summed E-state index contributed by atoms with van der Waals surface area (Å²) >= 11 is 2.13. The quantitative estimate of drug-likeness (QED) is 0.186. The van der Waals surface area contributed by atoms with Crippen molar-refractivity contribution < 1.29 is 28.2 Å². The van der Waals surface area contributed by atoms with Gasteiger partial charge < -0.3 is 4.90 Å². The fraction of sp³-hybridized carbons (Fsp3) is 0.351. The molecular weight excluding hydrogens is 726 g/mol. The predicted molar refractivity (Wildman–Crippen MR) is 175 cm³/mol. The van der Waals surface area contributed by atoms with Crippen LogP contribution in [-0.2, 0) is 31.7 Å². The first-order valence-electron chi connectivity index (χ1n) is 16.8. The van der Waals surface area contributed by atoms with Gasteiger partial charge in [0, 0.05) is 12.7 Å². The minimum atomic E-state index is -2.32. The van der Waals surface area contributed by atoms with Crippen molar-refractivity contribution >= 4 is 22.5 Å². The van der Waals surface area contributed by atoms with E-state index >= 15 is 0 Å². The van der Waals surface area contributed by atoms with E-state index in [1.165, 1.54) is 15.7 Å². The van der Waals surface area contributed by atoms with Crippen molar-refractivity contribution in [2.45, 2.75) is 45.4 Å². The SMILES string of the molecule is [2H]C([2H])([2H])n1[c](=[Pt])n(-c2cc(Oc3ccc4c(c3)N(c3cc(C)ccn3)CC3CN(C)CCC43)cc(C(C)(C)C)c2)c2ccccc21. The molecule has 7 rings (SSSR count). The molecule has 2 aromatic heterocycles. The summed E-state index contributed by atoms with van der Waals surface area (Å²) in [6.07, 6.45) is 3.03. The zero-order valence-corrected chi connectivity index (χ0v) is 28.2. The number of ether oxygens (including phenoxy) is 1. The van der Waals surface area contributed by atoms with Crippen LogP contribution in [0.5, 0.6) is 11.5 Å². The van der Waals surface area contributed by atoms with Crippen LogP contribution in [0.4, 0.5) is 11.5 Å². The van der Waals surface area contributed by atoms with Gasteiger partial charge in [-0.15, -0.1) is 0 Å². The van der Waals surface area contributed by atoms with Gasteiger partial charge >= 0.3 is 227 Å². The normalized spacial score (nSPS) is 20.1. The first-order valence-corrected chi connectivity index (χ1v) is 16.5. The number of anilines is 2. The summed E-state index contributed by atoms with van der Waals surface area (Å²) in [6.45, 7) is 9.41. The second-order valence-electron chi connectivity index (χ2n) is 13.4. The Balaban J connectivity index is 1.34. The molecule has 0 spiro atoms. The van der Waals surface area contributed by atoms with Crippen molar-refractivity contribution in [3.63, 3.8) is 0 Å². The van der Waals surface area contributed by atoms with Gasteiger partial charge in [-0.1, -0.05) is 0 Å². The number of rotatable bonds is 4. The Bertz CT molecular complexity index is 2040. The van der Waals surface area contributed by atoms with Gasteiger partial charge in [0.2, 0.25) is 0 Å². The third kappa shape index (κ3) is 5.26. The average molecular weight is 770 g/mol. The van der Waals surface area contributed by atoms with E-state index in [0.29, 0.717) is 26.9 Å². The third-order valence-electron chi connectivity index (χ3n) is 9.18. The maximum atomic E-state index is 8.28. The molecule has 3 aromatic carbocycles. The number of hydrogen-bond acceptors (Lipinski definition) is 4. The van der Waals surface area contributed by atoms with Crippen LogP contribution in [0.3, 0.4) is 0 Å². The molecule has 4 heterocycles. The van der Waals surface area contributed by atoms with Crippen LogP contribution < -0.4 is 9.64 Å². The van der Waals surface area contributed by atoms with Gasteiger partial charge in [0.15, 0.2) is 0 Å². The third-order valence-corrected chi connectivity index (χ3v) is 10.2. The van der Waals surface area contributed by atoms with Gasteiger partial charge in [-0.2, -0.15) is 0 Å². The molecule has 1 fully saturated rings. The van der Waals surface area contributed by atoms with E-state index in [4.69, 9.17) is 13.8 Å². The fourth-order valence-corrected chi connectivity index (χ4v) is 7.71. The molecule has 2 aliphatic rings. The van der Waals surface area contributed by atoms with E-state index in [1.807, 2.05) is 47.2 Å². The monoisotopic (exact) mass is 769 g/mol. The molecule has 0 radical (unpaired) electrons.